The third-order valence-corrected chi connectivity index (χ3v) is 7.68. The van der Waals surface area contributed by atoms with Gasteiger partial charge in [-0.15, -0.1) is 11.3 Å². The summed E-state index contributed by atoms with van der Waals surface area (Å²) in [4.78, 5) is 33.8. The van der Waals surface area contributed by atoms with Gasteiger partial charge < -0.3 is 15.7 Å². The molecule has 0 atom stereocenters. The summed E-state index contributed by atoms with van der Waals surface area (Å²) in [6.45, 7) is 5.60. The molecule has 1 aliphatic heterocycles. The van der Waals surface area contributed by atoms with Crippen molar-refractivity contribution in [3.63, 3.8) is 0 Å². The number of carbonyl (C=O) groups excluding carboxylic acids is 2. The molecular weight excluding hydrogens is 459 g/mol. The fraction of sp³-hybridized carbons (Fsp3) is 0.423. The minimum atomic E-state index is -0.374. The number of nitrogens with zero attached hydrogens (tertiary/aromatic N) is 2. The number of anilines is 2. The van der Waals surface area contributed by atoms with Crippen molar-refractivity contribution in [2.75, 3.05) is 10.2 Å². The highest BCUT2D eigenvalue weighted by Crippen LogP contribution is 2.44. The highest BCUT2D eigenvalue weighted by molar-refractivity contribution is 7.21. The Morgan fingerprint density at radius 1 is 1.23 bits per heavy atom. The Hall–Kier alpha value is -2.91. The van der Waals surface area contributed by atoms with E-state index in [9.17, 15) is 14.6 Å². The van der Waals surface area contributed by atoms with Gasteiger partial charge in [-0.25, -0.2) is 9.78 Å². The Kier molecular flexibility index (Phi) is 8.41. The Labute approximate surface area is 211 Å². The zero-order valence-electron chi connectivity index (χ0n) is 20.2. The van der Waals surface area contributed by atoms with E-state index in [1.807, 2.05) is 0 Å². The summed E-state index contributed by atoms with van der Waals surface area (Å²) in [5.74, 6) is -0.152. The van der Waals surface area contributed by atoms with Crippen molar-refractivity contribution >= 4 is 52.3 Å². The van der Waals surface area contributed by atoms with Crippen LogP contribution in [0.15, 0.2) is 48.2 Å². The first-order valence-electron chi connectivity index (χ1n) is 12.4. The second kappa shape index (κ2) is 11.7. The summed E-state index contributed by atoms with van der Waals surface area (Å²) in [7, 11) is 0.999. The van der Waals surface area contributed by atoms with Gasteiger partial charge in [-0.3, -0.25) is 9.69 Å². The van der Waals surface area contributed by atoms with Crippen molar-refractivity contribution in [1.82, 2.24) is 10.3 Å². The van der Waals surface area contributed by atoms with Gasteiger partial charge in [0.15, 0.2) is 0 Å². The molecule has 0 unspecified atom stereocenters. The van der Waals surface area contributed by atoms with Crippen LogP contribution in [0.5, 0.6) is 0 Å². The average molecular weight is 491 g/mol. The van der Waals surface area contributed by atoms with Gasteiger partial charge in [0, 0.05) is 12.2 Å². The number of allylic oxidation sites excluding steroid dienone is 4. The normalized spacial score (nSPS) is 18.2. The molecule has 2 aromatic heterocycles. The molecule has 7 nitrogen and oxygen atoms in total. The number of aromatic nitrogens is 1. The van der Waals surface area contributed by atoms with Crippen LogP contribution < -0.4 is 15.5 Å². The minimum Gasteiger partial charge on any atom is -0.450 e. The van der Waals surface area contributed by atoms with Crippen LogP contribution in [0.25, 0.3) is 10.2 Å². The van der Waals surface area contributed by atoms with Gasteiger partial charge in [-0.1, -0.05) is 63.1 Å². The first kappa shape index (κ1) is 25.2. The van der Waals surface area contributed by atoms with Crippen LogP contribution >= 0.6 is 11.3 Å². The maximum atomic E-state index is 13.4. The van der Waals surface area contributed by atoms with E-state index in [2.05, 4.69) is 22.2 Å². The third-order valence-electron chi connectivity index (χ3n) is 6.58. The number of hydrogen-bond donors (Lipinski definition) is 3. The molecule has 0 aromatic carbocycles. The molecule has 3 N–H and O–H groups in total. The molecule has 4 rings (SSSR count). The van der Waals surface area contributed by atoms with Crippen LogP contribution in [0.4, 0.5) is 16.2 Å². The lowest BCUT2D eigenvalue weighted by atomic mass is 9.89. The standard InChI is InChI=1S/C26H32BN4O3S/c1-3-19(14-13-17(2)27-34)31-20-15-16-28-25-21(20)22(30-26(31)33)23(35-25)24(32)29-18-11-9-7-5-4-6-8-10-12-18/h3,13-16,18,34H,1,4-12H2,2H3,(H,29,32)(H,30,33)/b17-13+,19-14+. The molecule has 35 heavy (non-hydrogen) atoms. The third kappa shape index (κ3) is 5.68. The van der Waals surface area contributed by atoms with Crippen LogP contribution in [-0.4, -0.2) is 35.5 Å². The maximum absolute atomic E-state index is 13.4. The molecular formula is C26H32BN4O3S. The van der Waals surface area contributed by atoms with Gasteiger partial charge in [-0.2, -0.15) is 0 Å². The van der Waals surface area contributed by atoms with Gasteiger partial charge in [0.2, 0.25) is 0 Å². The van der Waals surface area contributed by atoms with Gasteiger partial charge in [0.05, 0.1) is 22.5 Å². The Morgan fingerprint density at radius 2 is 1.91 bits per heavy atom. The summed E-state index contributed by atoms with van der Waals surface area (Å²) in [6, 6.07) is 1.54. The second-order valence-electron chi connectivity index (χ2n) is 9.14. The van der Waals surface area contributed by atoms with Crippen LogP contribution in [0.3, 0.4) is 0 Å². The van der Waals surface area contributed by atoms with E-state index in [1.54, 1.807) is 37.4 Å². The van der Waals surface area contributed by atoms with Crippen molar-refractivity contribution in [1.29, 1.82) is 0 Å². The predicted molar refractivity (Wildman–Crippen MR) is 144 cm³/mol. The minimum absolute atomic E-state index is 0.148. The summed E-state index contributed by atoms with van der Waals surface area (Å²) in [6.07, 6.45) is 17.1. The number of nitrogens with one attached hydrogen (secondary N) is 2. The van der Waals surface area contributed by atoms with Crippen molar-refractivity contribution in [2.45, 2.75) is 70.8 Å². The summed E-state index contributed by atoms with van der Waals surface area (Å²) in [5.41, 5.74) is 2.34. The Bertz CT molecular complexity index is 1160. The number of carbonyl (C=O) groups is 2. The monoisotopic (exact) mass is 491 g/mol. The van der Waals surface area contributed by atoms with E-state index in [0.29, 0.717) is 32.3 Å². The summed E-state index contributed by atoms with van der Waals surface area (Å²) < 4.78 is 0. The number of urea groups is 1. The molecule has 3 heterocycles. The van der Waals surface area contributed by atoms with Crippen molar-refractivity contribution in [3.8, 4) is 0 Å². The van der Waals surface area contributed by atoms with E-state index in [4.69, 9.17) is 0 Å². The van der Waals surface area contributed by atoms with Crippen LogP contribution in [0, 0.1) is 0 Å². The fourth-order valence-corrected chi connectivity index (χ4v) is 5.72. The second-order valence-corrected chi connectivity index (χ2v) is 10.1. The Morgan fingerprint density at radius 3 is 2.57 bits per heavy atom. The average Bonchev–Trinajstić information content (AvgIpc) is 3.24. The topological polar surface area (TPSA) is 94.6 Å². The first-order chi connectivity index (χ1) is 17.0. The van der Waals surface area contributed by atoms with Crippen molar-refractivity contribution < 1.29 is 14.6 Å². The van der Waals surface area contributed by atoms with E-state index in [1.165, 1.54) is 48.3 Å². The molecule has 2 aromatic rings. The van der Waals surface area contributed by atoms with Gasteiger partial charge in [-0.05, 0) is 38.0 Å². The van der Waals surface area contributed by atoms with Gasteiger partial charge in [0.25, 0.3) is 5.91 Å². The number of hydrogen-bond acceptors (Lipinski definition) is 5. The molecule has 183 valence electrons. The zero-order chi connectivity index (χ0) is 24.8. The van der Waals surface area contributed by atoms with E-state index in [-0.39, 0.29) is 18.0 Å². The number of rotatable bonds is 6. The number of thiophene rings is 1. The summed E-state index contributed by atoms with van der Waals surface area (Å²) >= 11 is 1.30. The highest BCUT2D eigenvalue weighted by Gasteiger charge is 2.33. The lowest BCUT2D eigenvalue weighted by Gasteiger charge is -2.29. The van der Waals surface area contributed by atoms with Crippen LogP contribution in [0.1, 0.15) is 74.4 Å². The predicted octanol–water partition coefficient (Wildman–Crippen LogP) is 5.86. The highest BCUT2D eigenvalue weighted by atomic mass is 32.1. The number of pyridine rings is 1. The zero-order valence-corrected chi connectivity index (χ0v) is 21.0. The molecule has 1 radical (unpaired) electrons. The molecule has 1 saturated carbocycles. The van der Waals surface area contributed by atoms with E-state index < -0.39 is 0 Å². The Balaban J connectivity index is 1.65. The maximum Gasteiger partial charge on any atom is 0.331 e. The fourth-order valence-electron chi connectivity index (χ4n) is 4.70. The van der Waals surface area contributed by atoms with Crippen LogP contribution in [0.2, 0.25) is 0 Å². The molecule has 1 aliphatic carbocycles. The largest absolute Gasteiger partial charge is 0.450 e. The summed E-state index contributed by atoms with van der Waals surface area (Å²) in [5, 5.41) is 16.1. The molecule has 9 heteroatoms. The number of amides is 3. The lowest BCUT2D eigenvalue weighted by molar-refractivity contribution is 0.0936. The van der Waals surface area contributed by atoms with Crippen molar-refractivity contribution in [2.24, 2.45) is 0 Å². The molecule has 1 fully saturated rings. The quantitative estimate of drug-likeness (QED) is 0.349. The SMILES string of the molecule is C=C/C(=C\C=C(/C)[B]O)N1C(=O)Nc2c(C(=O)NC3CCCCCCCCC3)sc3nccc1c23. The van der Waals surface area contributed by atoms with E-state index in [0.717, 1.165) is 38.6 Å². The molecule has 0 saturated heterocycles. The van der Waals surface area contributed by atoms with Gasteiger partial charge in [0.1, 0.15) is 9.71 Å². The first-order valence-corrected chi connectivity index (χ1v) is 13.2. The van der Waals surface area contributed by atoms with E-state index >= 15 is 0 Å². The van der Waals surface area contributed by atoms with Crippen LogP contribution in [-0.2, 0) is 0 Å². The molecule has 3 amide bonds. The smallest absolute Gasteiger partial charge is 0.331 e. The van der Waals surface area contributed by atoms with Crippen molar-refractivity contribution in [3.05, 3.63) is 53.1 Å². The molecule has 0 spiro atoms. The molecule has 2 aliphatic rings. The van der Waals surface area contributed by atoms with Gasteiger partial charge >= 0.3 is 13.5 Å². The molecule has 0 bridgehead atoms. The lowest BCUT2D eigenvalue weighted by Crippen LogP contribution is -2.38.